The summed E-state index contributed by atoms with van der Waals surface area (Å²) in [5.74, 6) is 0. The number of hydrogen-bond donors (Lipinski definition) is 2. The highest BCUT2D eigenvalue weighted by Gasteiger charge is 2.03. The SMILES string of the molecule is S=C(Nc1cccnc1)Nc1ccc(Br)cc1Cl. The summed E-state index contributed by atoms with van der Waals surface area (Å²) in [5.41, 5.74) is 1.57. The normalized spacial score (nSPS) is 9.89. The standard InChI is InChI=1S/C12H9BrClN3S/c13-8-3-4-11(10(14)6-8)17-12(18)16-9-2-1-5-15-7-9/h1-7H,(H2,16,17,18). The number of nitrogens with zero attached hydrogens (tertiary/aromatic N) is 1. The van der Waals surface area contributed by atoms with Gasteiger partial charge in [-0.25, -0.2) is 0 Å². The molecule has 2 N–H and O–H groups in total. The number of halogens is 2. The molecule has 2 rings (SSSR count). The molecule has 2 aromatic rings. The lowest BCUT2D eigenvalue weighted by atomic mass is 10.3. The van der Waals surface area contributed by atoms with E-state index < -0.39 is 0 Å². The summed E-state index contributed by atoms with van der Waals surface area (Å²) in [6.07, 6.45) is 3.39. The third-order valence-corrected chi connectivity index (χ3v) is 3.11. The Hall–Kier alpha value is -1.17. The van der Waals surface area contributed by atoms with Gasteiger partial charge in [-0.2, -0.15) is 0 Å². The zero-order valence-electron chi connectivity index (χ0n) is 9.15. The van der Waals surface area contributed by atoms with Crippen molar-refractivity contribution in [2.24, 2.45) is 0 Å². The molecule has 0 amide bonds. The van der Waals surface area contributed by atoms with Crippen molar-refractivity contribution in [3.8, 4) is 0 Å². The summed E-state index contributed by atoms with van der Waals surface area (Å²) in [6.45, 7) is 0. The largest absolute Gasteiger partial charge is 0.331 e. The Balaban J connectivity index is 2.03. The number of thiocarbonyl (C=S) groups is 1. The molecule has 0 bridgehead atoms. The van der Waals surface area contributed by atoms with Crippen LogP contribution in [-0.2, 0) is 0 Å². The summed E-state index contributed by atoms with van der Waals surface area (Å²) in [5, 5.41) is 7.11. The summed E-state index contributed by atoms with van der Waals surface area (Å²) < 4.78 is 0.921. The number of benzene rings is 1. The van der Waals surface area contributed by atoms with Crippen LogP contribution in [0, 0.1) is 0 Å². The Morgan fingerprint density at radius 1 is 1.28 bits per heavy atom. The Morgan fingerprint density at radius 2 is 2.11 bits per heavy atom. The first kappa shape index (κ1) is 13.3. The molecule has 1 aromatic carbocycles. The lowest BCUT2D eigenvalue weighted by Crippen LogP contribution is -2.19. The monoisotopic (exact) mass is 341 g/mol. The Labute approximate surface area is 124 Å². The Kier molecular flexibility index (Phi) is 4.52. The third kappa shape index (κ3) is 3.66. The first-order chi connectivity index (χ1) is 8.65. The number of anilines is 2. The molecule has 0 radical (unpaired) electrons. The number of aromatic nitrogens is 1. The maximum absolute atomic E-state index is 6.08. The van der Waals surface area contributed by atoms with E-state index >= 15 is 0 Å². The van der Waals surface area contributed by atoms with E-state index in [9.17, 15) is 0 Å². The van der Waals surface area contributed by atoms with Gasteiger partial charge in [-0.15, -0.1) is 0 Å². The van der Waals surface area contributed by atoms with Gasteiger partial charge in [-0.3, -0.25) is 4.98 Å². The van der Waals surface area contributed by atoms with Gasteiger partial charge in [0.2, 0.25) is 0 Å². The molecule has 1 aromatic heterocycles. The quantitative estimate of drug-likeness (QED) is 0.798. The van der Waals surface area contributed by atoms with Crippen molar-refractivity contribution in [3.05, 3.63) is 52.2 Å². The molecule has 0 aliphatic rings. The molecule has 0 spiro atoms. The van der Waals surface area contributed by atoms with Gasteiger partial charge in [0.25, 0.3) is 0 Å². The van der Waals surface area contributed by atoms with E-state index in [2.05, 4.69) is 31.5 Å². The van der Waals surface area contributed by atoms with Crippen LogP contribution in [0.1, 0.15) is 0 Å². The highest BCUT2D eigenvalue weighted by molar-refractivity contribution is 9.10. The van der Waals surface area contributed by atoms with Gasteiger partial charge in [-0.05, 0) is 42.5 Å². The van der Waals surface area contributed by atoms with Crippen molar-refractivity contribution in [1.29, 1.82) is 0 Å². The predicted molar refractivity (Wildman–Crippen MR) is 83.2 cm³/mol. The maximum Gasteiger partial charge on any atom is 0.175 e. The zero-order valence-corrected chi connectivity index (χ0v) is 12.3. The minimum absolute atomic E-state index is 0.465. The summed E-state index contributed by atoms with van der Waals surface area (Å²) in [7, 11) is 0. The number of pyridine rings is 1. The van der Waals surface area contributed by atoms with Gasteiger partial charge < -0.3 is 10.6 Å². The lowest BCUT2D eigenvalue weighted by molar-refractivity contribution is 1.33. The fraction of sp³-hybridized carbons (Fsp3) is 0. The van der Waals surface area contributed by atoms with Crippen molar-refractivity contribution in [2.75, 3.05) is 10.6 Å². The van der Waals surface area contributed by atoms with Crippen LogP contribution in [0.5, 0.6) is 0 Å². The van der Waals surface area contributed by atoms with Crippen molar-refractivity contribution in [1.82, 2.24) is 4.98 Å². The van der Waals surface area contributed by atoms with Gasteiger partial charge in [-0.1, -0.05) is 27.5 Å². The van der Waals surface area contributed by atoms with Crippen LogP contribution in [0.15, 0.2) is 47.2 Å². The van der Waals surface area contributed by atoms with Gasteiger partial charge in [0.15, 0.2) is 5.11 Å². The van der Waals surface area contributed by atoms with Crippen molar-refractivity contribution < 1.29 is 0 Å². The highest BCUT2D eigenvalue weighted by atomic mass is 79.9. The van der Waals surface area contributed by atoms with Gasteiger partial charge in [0.05, 0.1) is 22.6 Å². The second-order valence-corrected chi connectivity index (χ2v) is 5.18. The summed E-state index contributed by atoms with van der Waals surface area (Å²) >= 11 is 14.6. The van der Waals surface area contributed by atoms with Crippen molar-refractivity contribution in [3.63, 3.8) is 0 Å². The van der Waals surface area contributed by atoms with Gasteiger partial charge in [0.1, 0.15) is 0 Å². The molecular weight excluding hydrogens is 334 g/mol. The molecule has 0 aliphatic heterocycles. The number of hydrogen-bond acceptors (Lipinski definition) is 2. The molecule has 0 saturated carbocycles. The average molecular weight is 343 g/mol. The fourth-order valence-corrected chi connectivity index (χ4v) is 2.26. The molecule has 18 heavy (non-hydrogen) atoms. The molecular formula is C12H9BrClN3S. The van der Waals surface area contributed by atoms with E-state index in [0.717, 1.165) is 15.8 Å². The van der Waals surface area contributed by atoms with E-state index in [-0.39, 0.29) is 0 Å². The van der Waals surface area contributed by atoms with Crippen molar-refractivity contribution >= 4 is 56.2 Å². The summed E-state index contributed by atoms with van der Waals surface area (Å²) in [6, 6.07) is 9.25. The van der Waals surface area contributed by atoms with Crippen LogP contribution in [0.2, 0.25) is 5.02 Å². The number of rotatable bonds is 2. The highest BCUT2D eigenvalue weighted by Crippen LogP contribution is 2.25. The molecule has 0 aliphatic carbocycles. The van der Waals surface area contributed by atoms with Crippen LogP contribution in [0.4, 0.5) is 11.4 Å². The smallest absolute Gasteiger partial charge is 0.175 e. The van der Waals surface area contributed by atoms with E-state index in [1.165, 1.54) is 0 Å². The molecule has 0 unspecified atom stereocenters. The molecule has 0 saturated heterocycles. The van der Waals surface area contributed by atoms with Gasteiger partial charge in [0, 0.05) is 10.7 Å². The van der Waals surface area contributed by atoms with Crippen molar-refractivity contribution in [2.45, 2.75) is 0 Å². The van der Waals surface area contributed by atoms with Crippen LogP contribution >= 0.6 is 39.7 Å². The molecule has 92 valence electrons. The molecule has 3 nitrogen and oxygen atoms in total. The minimum Gasteiger partial charge on any atom is -0.331 e. The van der Waals surface area contributed by atoms with E-state index in [1.54, 1.807) is 18.5 Å². The zero-order chi connectivity index (χ0) is 13.0. The van der Waals surface area contributed by atoms with E-state index in [1.807, 2.05) is 24.3 Å². The summed E-state index contributed by atoms with van der Waals surface area (Å²) in [4.78, 5) is 3.99. The van der Waals surface area contributed by atoms with Crippen LogP contribution in [-0.4, -0.2) is 10.1 Å². The number of nitrogens with one attached hydrogen (secondary N) is 2. The third-order valence-electron chi connectivity index (χ3n) is 2.10. The molecule has 0 fully saturated rings. The second-order valence-electron chi connectivity index (χ2n) is 3.44. The van der Waals surface area contributed by atoms with Gasteiger partial charge >= 0.3 is 0 Å². The fourth-order valence-electron chi connectivity index (χ4n) is 1.31. The topological polar surface area (TPSA) is 37.0 Å². The van der Waals surface area contributed by atoms with Crippen LogP contribution in [0.3, 0.4) is 0 Å². The van der Waals surface area contributed by atoms with Crippen LogP contribution < -0.4 is 10.6 Å². The predicted octanol–water partition coefficient (Wildman–Crippen LogP) is 4.31. The molecule has 0 atom stereocenters. The Bertz CT molecular complexity index is 563. The lowest BCUT2D eigenvalue weighted by Gasteiger charge is -2.11. The van der Waals surface area contributed by atoms with Crippen LogP contribution in [0.25, 0.3) is 0 Å². The first-order valence-corrected chi connectivity index (χ1v) is 6.66. The first-order valence-electron chi connectivity index (χ1n) is 5.08. The van der Waals surface area contributed by atoms with E-state index in [0.29, 0.717) is 10.1 Å². The maximum atomic E-state index is 6.08. The molecule has 1 heterocycles. The molecule has 6 heteroatoms. The average Bonchev–Trinajstić information content (AvgIpc) is 2.34. The second kappa shape index (κ2) is 6.13. The van der Waals surface area contributed by atoms with E-state index in [4.69, 9.17) is 23.8 Å². The Morgan fingerprint density at radius 3 is 2.78 bits per heavy atom. The minimum atomic E-state index is 0.465.